The van der Waals surface area contributed by atoms with E-state index in [1.807, 2.05) is 12.3 Å². The maximum absolute atomic E-state index is 12.4. The molecule has 102 valence electrons. The van der Waals surface area contributed by atoms with Crippen LogP contribution in [0.4, 0.5) is 0 Å². The van der Waals surface area contributed by atoms with Gasteiger partial charge in [-0.25, -0.2) is 4.90 Å². The van der Waals surface area contributed by atoms with E-state index in [0.29, 0.717) is 12.0 Å². The fourth-order valence-corrected chi connectivity index (χ4v) is 2.58. The van der Waals surface area contributed by atoms with Gasteiger partial charge in [0.05, 0.1) is 12.1 Å². The predicted octanol–water partition coefficient (Wildman–Crippen LogP) is 3.23. The minimum Gasteiger partial charge on any atom is -0.268 e. The molecule has 6 heteroatoms. The van der Waals surface area contributed by atoms with Crippen molar-refractivity contribution in [2.75, 3.05) is 0 Å². The molecule has 1 aliphatic rings. The third-order valence-corrected chi connectivity index (χ3v) is 3.57. The van der Waals surface area contributed by atoms with Crippen LogP contribution in [0.25, 0.3) is 10.4 Å². The highest BCUT2D eigenvalue weighted by molar-refractivity contribution is 5.95. The Bertz CT molecular complexity index is 559. The molecule has 0 heterocycles. The fraction of sp³-hybridized carbons (Fsp3) is 0.429. The fourth-order valence-electron chi connectivity index (χ4n) is 2.58. The molecule has 0 saturated heterocycles. The molecular weight excluding hydrogens is 254 g/mol. The van der Waals surface area contributed by atoms with Crippen molar-refractivity contribution in [2.24, 2.45) is 5.11 Å². The topological polar surface area (TPSA) is 92.9 Å². The summed E-state index contributed by atoms with van der Waals surface area (Å²) in [6, 6.07) is 8.04. The lowest BCUT2D eigenvalue weighted by atomic mass is 9.89. The number of hydrogen-bond acceptors (Lipinski definition) is 3. The van der Waals surface area contributed by atoms with E-state index in [1.54, 1.807) is 24.3 Å². The van der Waals surface area contributed by atoms with Crippen LogP contribution in [0.2, 0.25) is 0 Å². The summed E-state index contributed by atoms with van der Waals surface area (Å²) in [5, 5.41) is 13.1. The summed E-state index contributed by atoms with van der Waals surface area (Å²) in [7, 11) is 0. The van der Waals surface area contributed by atoms with E-state index in [2.05, 4.69) is 10.0 Å². The zero-order valence-electron chi connectivity index (χ0n) is 11.0. The molecule has 1 aromatic carbocycles. The van der Waals surface area contributed by atoms with Gasteiger partial charge in [-0.15, -0.1) is 0 Å². The molecule has 1 aliphatic carbocycles. The van der Waals surface area contributed by atoms with Crippen LogP contribution in [-0.4, -0.2) is 22.9 Å². The second kappa shape index (κ2) is 6.60. The molecule has 6 nitrogen and oxygen atoms in total. The number of azide groups is 1. The van der Waals surface area contributed by atoms with E-state index in [9.17, 15) is 10.1 Å². The number of amides is 1. The van der Waals surface area contributed by atoms with Crippen LogP contribution < -0.4 is 0 Å². The first kappa shape index (κ1) is 13.9. The van der Waals surface area contributed by atoms with Crippen molar-refractivity contribution in [3.8, 4) is 6.19 Å². The Hall–Kier alpha value is -2.51. The summed E-state index contributed by atoms with van der Waals surface area (Å²) in [4.78, 5) is 16.4. The normalized spacial score (nSPS) is 21.4. The molecule has 1 fully saturated rings. The summed E-state index contributed by atoms with van der Waals surface area (Å²) in [5.74, 6) is -0.335. The van der Waals surface area contributed by atoms with Crippen molar-refractivity contribution in [2.45, 2.75) is 37.8 Å². The first-order valence-corrected chi connectivity index (χ1v) is 6.60. The Balaban J connectivity index is 2.25. The van der Waals surface area contributed by atoms with Gasteiger partial charge in [0.15, 0.2) is 6.19 Å². The molecule has 0 radical (unpaired) electrons. The summed E-state index contributed by atoms with van der Waals surface area (Å²) in [5.41, 5.74) is 9.09. The predicted molar refractivity (Wildman–Crippen MR) is 73.4 cm³/mol. The molecule has 0 aromatic heterocycles. The molecule has 0 spiro atoms. The molecule has 20 heavy (non-hydrogen) atoms. The molecular formula is C14H15N5O. The Morgan fingerprint density at radius 1 is 1.35 bits per heavy atom. The standard InChI is InChI=1S/C14H15N5O/c15-10-19(14(20)11-6-2-1-3-7-11)13-9-5-4-8-12(13)17-18-16/h1-3,6-7,12-13H,4-5,8-9H2/t12-,13-/m0/s1. The maximum Gasteiger partial charge on any atom is 0.267 e. The minimum atomic E-state index is -0.336. The van der Waals surface area contributed by atoms with Crippen LogP contribution in [0.15, 0.2) is 35.4 Å². The lowest BCUT2D eigenvalue weighted by Crippen LogP contribution is -2.45. The number of benzene rings is 1. The molecule has 0 aliphatic heterocycles. The average molecular weight is 269 g/mol. The van der Waals surface area contributed by atoms with E-state index >= 15 is 0 Å². The van der Waals surface area contributed by atoms with Crippen molar-refractivity contribution >= 4 is 5.91 Å². The summed E-state index contributed by atoms with van der Waals surface area (Å²) in [6.45, 7) is 0. The zero-order chi connectivity index (χ0) is 14.4. The van der Waals surface area contributed by atoms with Crippen molar-refractivity contribution in [1.29, 1.82) is 5.26 Å². The second-order valence-electron chi connectivity index (χ2n) is 4.77. The van der Waals surface area contributed by atoms with Gasteiger partial charge in [-0.3, -0.25) is 4.79 Å². The van der Waals surface area contributed by atoms with Gasteiger partial charge in [0.1, 0.15) is 0 Å². The smallest absolute Gasteiger partial charge is 0.267 e. The van der Waals surface area contributed by atoms with Crippen molar-refractivity contribution in [1.82, 2.24) is 4.90 Å². The van der Waals surface area contributed by atoms with Gasteiger partial charge in [0.25, 0.3) is 5.91 Å². The number of nitrogens with zero attached hydrogens (tertiary/aromatic N) is 5. The number of carbonyl (C=O) groups is 1. The Morgan fingerprint density at radius 2 is 2.05 bits per heavy atom. The van der Waals surface area contributed by atoms with Gasteiger partial charge in [0.2, 0.25) is 0 Å². The van der Waals surface area contributed by atoms with Gasteiger partial charge in [-0.05, 0) is 30.5 Å². The lowest BCUT2D eigenvalue weighted by molar-refractivity contribution is 0.0734. The third kappa shape index (κ3) is 2.90. The lowest BCUT2D eigenvalue weighted by Gasteiger charge is -2.33. The molecule has 2 atom stereocenters. The highest BCUT2D eigenvalue weighted by Crippen LogP contribution is 2.26. The van der Waals surface area contributed by atoms with Gasteiger partial charge in [-0.2, -0.15) is 5.26 Å². The Morgan fingerprint density at radius 3 is 2.70 bits per heavy atom. The van der Waals surface area contributed by atoms with Gasteiger partial charge >= 0.3 is 0 Å². The highest BCUT2D eigenvalue weighted by Gasteiger charge is 2.33. The van der Waals surface area contributed by atoms with Crippen molar-refractivity contribution < 1.29 is 4.79 Å². The van der Waals surface area contributed by atoms with Crippen LogP contribution in [0.5, 0.6) is 0 Å². The number of rotatable bonds is 3. The average Bonchev–Trinajstić information content (AvgIpc) is 2.51. The monoisotopic (exact) mass is 269 g/mol. The molecule has 1 amide bonds. The number of hydrogen-bond donors (Lipinski definition) is 0. The minimum absolute atomic E-state index is 0.318. The van der Waals surface area contributed by atoms with Crippen molar-refractivity contribution in [3.63, 3.8) is 0 Å². The Kier molecular flexibility index (Phi) is 4.59. The molecule has 0 N–H and O–H groups in total. The van der Waals surface area contributed by atoms with E-state index in [1.165, 1.54) is 0 Å². The highest BCUT2D eigenvalue weighted by atomic mass is 16.2. The first-order chi connectivity index (χ1) is 9.77. The SMILES string of the molecule is N#CN(C(=O)c1ccccc1)[C@H]1CCCC[C@@H]1N=[N+]=[N-]. The van der Waals surface area contributed by atoms with Crippen LogP contribution in [0, 0.1) is 11.5 Å². The van der Waals surface area contributed by atoms with Crippen LogP contribution in [-0.2, 0) is 0 Å². The Labute approximate surface area is 117 Å². The molecule has 0 unspecified atom stereocenters. The third-order valence-electron chi connectivity index (χ3n) is 3.57. The van der Waals surface area contributed by atoms with Crippen LogP contribution in [0.3, 0.4) is 0 Å². The summed E-state index contributed by atoms with van der Waals surface area (Å²) < 4.78 is 0. The van der Waals surface area contributed by atoms with Gasteiger partial charge in [-0.1, -0.05) is 36.2 Å². The summed E-state index contributed by atoms with van der Waals surface area (Å²) >= 11 is 0. The van der Waals surface area contributed by atoms with Crippen LogP contribution in [0.1, 0.15) is 36.0 Å². The van der Waals surface area contributed by atoms with E-state index < -0.39 is 0 Å². The van der Waals surface area contributed by atoms with E-state index in [4.69, 9.17) is 5.53 Å². The van der Waals surface area contributed by atoms with Crippen molar-refractivity contribution in [3.05, 3.63) is 46.3 Å². The van der Waals surface area contributed by atoms with Gasteiger partial charge < -0.3 is 0 Å². The maximum atomic E-state index is 12.4. The second-order valence-corrected chi connectivity index (χ2v) is 4.77. The first-order valence-electron chi connectivity index (χ1n) is 6.60. The molecule has 1 saturated carbocycles. The number of nitriles is 1. The number of carbonyl (C=O) groups excluding carboxylic acids is 1. The zero-order valence-corrected chi connectivity index (χ0v) is 11.0. The van der Waals surface area contributed by atoms with E-state index in [-0.39, 0.29) is 18.0 Å². The molecule has 0 bridgehead atoms. The molecule has 2 rings (SSSR count). The molecule has 1 aromatic rings. The largest absolute Gasteiger partial charge is 0.268 e. The summed E-state index contributed by atoms with van der Waals surface area (Å²) in [6.07, 6.45) is 5.26. The van der Waals surface area contributed by atoms with Gasteiger partial charge in [0, 0.05) is 10.5 Å². The van der Waals surface area contributed by atoms with E-state index in [0.717, 1.165) is 24.2 Å². The quantitative estimate of drug-likeness (QED) is 0.277. The van der Waals surface area contributed by atoms with Crippen LogP contribution >= 0.6 is 0 Å².